The Labute approximate surface area is 145 Å². The molecule has 0 unspecified atom stereocenters. The van der Waals surface area contributed by atoms with Crippen LogP contribution in [0.4, 0.5) is 0 Å². The second-order valence-electron chi connectivity index (χ2n) is 5.97. The molecule has 0 fully saturated rings. The number of aryl methyl sites for hydroxylation is 2. The first-order chi connectivity index (χ1) is 12.1. The molecule has 0 aliphatic heterocycles. The average Bonchev–Trinajstić information content (AvgIpc) is 3.00. The van der Waals surface area contributed by atoms with E-state index >= 15 is 0 Å². The molecule has 2 heterocycles. The molecule has 0 saturated heterocycles. The lowest BCUT2D eigenvalue weighted by Gasteiger charge is -2.13. The summed E-state index contributed by atoms with van der Waals surface area (Å²) >= 11 is 0. The predicted octanol–water partition coefficient (Wildman–Crippen LogP) is 4.18. The van der Waals surface area contributed by atoms with Crippen molar-refractivity contribution in [3.8, 4) is 22.9 Å². The van der Waals surface area contributed by atoms with Crippen molar-refractivity contribution in [1.82, 2.24) is 14.4 Å². The maximum absolute atomic E-state index is 5.55. The summed E-state index contributed by atoms with van der Waals surface area (Å²) < 4.78 is 13.2. The lowest BCUT2D eigenvalue weighted by atomic mass is 10.2. The topological polar surface area (TPSA) is 48.7 Å². The molecule has 0 aliphatic carbocycles. The zero-order valence-electron chi connectivity index (χ0n) is 14.7. The molecular formula is C20H19N3O2. The van der Waals surface area contributed by atoms with Crippen molar-refractivity contribution >= 4 is 16.6 Å². The molecule has 4 aromatic rings. The van der Waals surface area contributed by atoms with Crippen molar-refractivity contribution in [3.05, 3.63) is 53.9 Å². The van der Waals surface area contributed by atoms with Gasteiger partial charge in [-0.3, -0.25) is 4.40 Å². The Morgan fingerprint density at radius 1 is 0.880 bits per heavy atom. The molecule has 0 amide bonds. The van der Waals surface area contributed by atoms with E-state index in [-0.39, 0.29) is 0 Å². The Morgan fingerprint density at radius 2 is 1.60 bits per heavy atom. The second-order valence-corrected chi connectivity index (χ2v) is 5.97. The van der Waals surface area contributed by atoms with Gasteiger partial charge in [-0.2, -0.15) is 0 Å². The van der Waals surface area contributed by atoms with E-state index in [0.717, 1.165) is 45.1 Å². The van der Waals surface area contributed by atoms with E-state index in [9.17, 15) is 0 Å². The number of methoxy groups -OCH3 is 2. The minimum absolute atomic E-state index is 0.685. The number of ether oxygens (including phenoxy) is 2. The summed E-state index contributed by atoms with van der Waals surface area (Å²) in [6.45, 7) is 4.02. The highest BCUT2D eigenvalue weighted by atomic mass is 16.5. The lowest BCUT2D eigenvalue weighted by molar-refractivity contribution is 0.397. The molecule has 126 valence electrons. The summed E-state index contributed by atoms with van der Waals surface area (Å²) in [7, 11) is 3.30. The van der Waals surface area contributed by atoms with Crippen molar-refractivity contribution in [3.63, 3.8) is 0 Å². The van der Waals surface area contributed by atoms with Gasteiger partial charge in [0.1, 0.15) is 22.8 Å². The molecule has 0 aliphatic rings. The van der Waals surface area contributed by atoms with Gasteiger partial charge in [0, 0.05) is 17.7 Å². The van der Waals surface area contributed by atoms with Crippen molar-refractivity contribution < 1.29 is 9.47 Å². The Bertz CT molecular complexity index is 1080. The smallest absolute Gasteiger partial charge is 0.150 e. The molecule has 0 saturated carbocycles. The zero-order chi connectivity index (χ0) is 17.6. The fraction of sp³-hybridized carbons (Fsp3) is 0.200. The Kier molecular flexibility index (Phi) is 3.57. The van der Waals surface area contributed by atoms with Crippen LogP contribution in [0.25, 0.3) is 27.9 Å². The minimum atomic E-state index is 0.685. The molecule has 25 heavy (non-hydrogen) atoms. The third kappa shape index (κ3) is 2.31. The normalized spacial score (nSPS) is 11.2. The summed E-state index contributed by atoms with van der Waals surface area (Å²) in [6, 6.07) is 14.0. The van der Waals surface area contributed by atoms with E-state index in [1.807, 2.05) is 44.2 Å². The molecule has 0 N–H and O–H groups in total. The molecule has 4 rings (SSSR count). The fourth-order valence-electron chi connectivity index (χ4n) is 3.31. The summed E-state index contributed by atoms with van der Waals surface area (Å²) in [5.74, 6) is 2.30. The van der Waals surface area contributed by atoms with Crippen LogP contribution in [0.5, 0.6) is 11.5 Å². The molecule has 5 nitrogen and oxygen atoms in total. The van der Waals surface area contributed by atoms with Crippen molar-refractivity contribution in [2.75, 3.05) is 14.2 Å². The first-order valence-electron chi connectivity index (χ1n) is 8.11. The highest BCUT2D eigenvalue weighted by Crippen LogP contribution is 2.34. The average molecular weight is 333 g/mol. The number of fused-ring (bicyclic) bond motifs is 3. The van der Waals surface area contributed by atoms with Crippen LogP contribution in [0.3, 0.4) is 0 Å². The summed E-state index contributed by atoms with van der Waals surface area (Å²) in [6.07, 6.45) is 0. The van der Waals surface area contributed by atoms with E-state index in [0.29, 0.717) is 5.75 Å². The maximum atomic E-state index is 5.55. The minimum Gasteiger partial charge on any atom is -0.497 e. The van der Waals surface area contributed by atoms with E-state index in [2.05, 4.69) is 16.5 Å². The first kappa shape index (κ1) is 15.4. The van der Waals surface area contributed by atoms with Gasteiger partial charge in [-0.15, -0.1) is 0 Å². The Balaban J connectivity index is 2.22. The highest BCUT2D eigenvalue weighted by molar-refractivity contribution is 5.89. The van der Waals surface area contributed by atoms with Crippen LogP contribution in [0.15, 0.2) is 42.5 Å². The van der Waals surface area contributed by atoms with Gasteiger partial charge in [-0.05, 0) is 13.8 Å². The van der Waals surface area contributed by atoms with Gasteiger partial charge in [0.25, 0.3) is 0 Å². The van der Waals surface area contributed by atoms with Crippen LogP contribution in [0.1, 0.15) is 11.4 Å². The first-order valence-corrected chi connectivity index (χ1v) is 8.11. The summed E-state index contributed by atoms with van der Waals surface area (Å²) in [5, 5.41) is 0. The van der Waals surface area contributed by atoms with Gasteiger partial charge < -0.3 is 9.47 Å². The van der Waals surface area contributed by atoms with Crippen molar-refractivity contribution in [1.29, 1.82) is 0 Å². The van der Waals surface area contributed by atoms with Crippen LogP contribution in [0.2, 0.25) is 0 Å². The quantitative estimate of drug-likeness (QED) is 0.564. The van der Waals surface area contributed by atoms with Crippen LogP contribution in [-0.4, -0.2) is 28.6 Å². The van der Waals surface area contributed by atoms with Crippen LogP contribution in [0, 0.1) is 13.8 Å². The SMILES string of the molecule is COc1cc(OC)c2nc(C)c3c(C)nc(-c4ccccc4)n3c2c1. The largest absolute Gasteiger partial charge is 0.497 e. The molecule has 0 spiro atoms. The number of nitrogens with zero attached hydrogens (tertiary/aromatic N) is 3. The van der Waals surface area contributed by atoms with Gasteiger partial charge in [0.15, 0.2) is 0 Å². The van der Waals surface area contributed by atoms with E-state index < -0.39 is 0 Å². The molecular weight excluding hydrogens is 314 g/mol. The number of aromatic nitrogens is 3. The van der Waals surface area contributed by atoms with E-state index in [1.54, 1.807) is 14.2 Å². The zero-order valence-corrected chi connectivity index (χ0v) is 14.7. The third-order valence-electron chi connectivity index (χ3n) is 4.43. The van der Waals surface area contributed by atoms with E-state index in [4.69, 9.17) is 19.4 Å². The number of hydrogen-bond donors (Lipinski definition) is 0. The highest BCUT2D eigenvalue weighted by Gasteiger charge is 2.18. The second kappa shape index (κ2) is 5.77. The molecule has 2 aromatic carbocycles. The van der Waals surface area contributed by atoms with Crippen LogP contribution in [-0.2, 0) is 0 Å². The molecule has 0 radical (unpaired) electrons. The Hall–Kier alpha value is -3.08. The number of rotatable bonds is 3. The number of imidazole rings is 1. The third-order valence-corrected chi connectivity index (χ3v) is 4.43. The van der Waals surface area contributed by atoms with Gasteiger partial charge in [0.2, 0.25) is 0 Å². The fourth-order valence-corrected chi connectivity index (χ4v) is 3.31. The molecule has 0 atom stereocenters. The predicted molar refractivity (Wildman–Crippen MR) is 98.5 cm³/mol. The lowest BCUT2D eigenvalue weighted by Crippen LogP contribution is -2.00. The monoisotopic (exact) mass is 333 g/mol. The van der Waals surface area contributed by atoms with Gasteiger partial charge >= 0.3 is 0 Å². The Morgan fingerprint density at radius 3 is 2.28 bits per heavy atom. The van der Waals surface area contributed by atoms with Crippen LogP contribution >= 0.6 is 0 Å². The standard InChI is InChI=1S/C20H19N3O2/c1-12-19-13(2)22-20(14-8-6-5-7-9-14)23(19)16-10-15(24-3)11-17(25-4)18(16)21-12/h5-11H,1-4H3. The van der Waals surface area contributed by atoms with Gasteiger partial charge in [-0.1, -0.05) is 30.3 Å². The number of hydrogen-bond acceptors (Lipinski definition) is 4. The van der Waals surface area contributed by atoms with Crippen LogP contribution < -0.4 is 9.47 Å². The maximum Gasteiger partial charge on any atom is 0.150 e. The number of benzene rings is 2. The molecule has 0 bridgehead atoms. The summed E-state index contributed by atoms with van der Waals surface area (Å²) in [4.78, 5) is 9.60. The van der Waals surface area contributed by atoms with Gasteiger partial charge in [0.05, 0.1) is 36.6 Å². The van der Waals surface area contributed by atoms with E-state index in [1.165, 1.54) is 0 Å². The summed E-state index contributed by atoms with van der Waals surface area (Å²) in [5.41, 5.74) is 5.65. The van der Waals surface area contributed by atoms with Gasteiger partial charge in [-0.25, -0.2) is 9.97 Å². The van der Waals surface area contributed by atoms with Crippen molar-refractivity contribution in [2.45, 2.75) is 13.8 Å². The molecule has 2 aromatic heterocycles. The molecule has 5 heteroatoms. The van der Waals surface area contributed by atoms with Crippen molar-refractivity contribution in [2.24, 2.45) is 0 Å².